The molecular formula is C18H25F3O3. The summed E-state index contributed by atoms with van der Waals surface area (Å²) in [5, 5.41) is 0. The fourth-order valence-electron chi connectivity index (χ4n) is 2.08. The van der Waals surface area contributed by atoms with Gasteiger partial charge >= 0.3 is 12.3 Å². The SMILES string of the molecule is CCC(C)c1ccc(C(C)(OC(=O)OC(C)(C)C)C(F)(F)F)cc1. The van der Waals surface area contributed by atoms with Crippen molar-refractivity contribution in [2.24, 2.45) is 0 Å². The summed E-state index contributed by atoms with van der Waals surface area (Å²) < 4.78 is 50.3. The Morgan fingerprint density at radius 3 is 1.92 bits per heavy atom. The summed E-state index contributed by atoms with van der Waals surface area (Å²) in [6.07, 6.45) is -5.25. The van der Waals surface area contributed by atoms with Crippen LogP contribution in [0, 0.1) is 0 Å². The minimum Gasteiger partial charge on any atom is -0.429 e. The van der Waals surface area contributed by atoms with Crippen LogP contribution in [0.1, 0.15) is 65.0 Å². The minimum atomic E-state index is -4.78. The number of rotatable bonds is 4. The molecule has 0 fully saturated rings. The molecule has 1 aromatic rings. The van der Waals surface area contributed by atoms with E-state index in [0.29, 0.717) is 0 Å². The first kappa shape index (κ1) is 20.3. The molecule has 0 aliphatic carbocycles. The molecule has 0 amide bonds. The maximum atomic E-state index is 13.6. The van der Waals surface area contributed by atoms with E-state index in [1.165, 1.54) is 12.1 Å². The smallest absolute Gasteiger partial charge is 0.429 e. The van der Waals surface area contributed by atoms with Crippen LogP contribution in [0.5, 0.6) is 0 Å². The number of ether oxygens (including phenoxy) is 2. The second-order valence-electron chi connectivity index (χ2n) is 7.03. The topological polar surface area (TPSA) is 35.5 Å². The summed E-state index contributed by atoms with van der Waals surface area (Å²) in [6, 6.07) is 5.95. The Balaban J connectivity index is 3.15. The standard InChI is InChI=1S/C18H25F3O3/c1-7-12(2)13-8-10-14(11-9-13)17(6,18(19,20)21)24-15(22)23-16(3,4)5/h8-12H,7H2,1-6H3. The lowest BCUT2D eigenvalue weighted by Gasteiger charge is -2.33. The molecule has 2 unspecified atom stereocenters. The molecule has 0 N–H and O–H groups in total. The van der Waals surface area contributed by atoms with Crippen LogP contribution in [0.2, 0.25) is 0 Å². The van der Waals surface area contributed by atoms with Crippen molar-refractivity contribution in [3.8, 4) is 0 Å². The van der Waals surface area contributed by atoms with Crippen LogP contribution in [0.25, 0.3) is 0 Å². The fourth-order valence-corrected chi connectivity index (χ4v) is 2.08. The van der Waals surface area contributed by atoms with Crippen LogP contribution in [0.3, 0.4) is 0 Å². The second kappa shape index (κ2) is 7.03. The summed E-state index contributed by atoms with van der Waals surface area (Å²) in [5.41, 5.74) is -2.93. The van der Waals surface area contributed by atoms with Crippen molar-refractivity contribution in [3.63, 3.8) is 0 Å². The van der Waals surface area contributed by atoms with Crippen LogP contribution in [-0.4, -0.2) is 17.9 Å². The lowest BCUT2D eigenvalue weighted by Crippen LogP contribution is -2.44. The molecule has 136 valence electrons. The molecular weight excluding hydrogens is 321 g/mol. The minimum absolute atomic E-state index is 0.145. The van der Waals surface area contributed by atoms with E-state index in [0.717, 1.165) is 18.9 Å². The van der Waals surface area contributed by atoms with Crippen molar-refractivity contribution in [1.29, 1.82) is 0 Å². The highest BCUT2D eigenvalue weighted by atomic mass is 19.4. The Labute approximate surface area is 141 Å². The summed E-state index contributed by atoms with van der Waals surface area (Å²) in [5.74, 6) is 0.239. The number of alkyl halides is 3. The van der Waals surface area contributed by atoms with Gasteiger partial charge in [0.05, 0.1) is 0 Å². The van der Waals surface area contributed by atoms with Crippen molar-refractivity contribution in [1.82, 2.24) is 0 Å². The lowest BCUT2D eigenvalue weighted by molar-refractivity contribution is -0.264. The molecule has 0 aliphatic rings. The first-order chi connectivity index (χ1) is 10.8. The maximum Gasteiger partial charge on any atom is 0.510 e. The number of carbonyl (C=O) groups is 1. The summed E-state index contributed by atoms with van der Waals surface area (Å²) >= 11 is 0. The largest absolute Gasteiger partial charge is 0.510 e. The summed E-state index contributed by atoms with van der Waals surface area (Å²) in [7, 11) is 0. The van der Waals surface area contributed by atoms with Crippen LogP contribution in [0.4, 0.5) is 18.0 Å². The van der Waals surface area contributed by atoms with E-state index in [1.54, 1.807) is 32.9 Å². The van der Waals surface area contributed by atoms with Crippen LogP contribution in [0.15, 0.2) is 24.3 Å². The average Bonchev–Trinajstić information content (AvgIpc) is 2.43. The Morgan fingerprint density at radius 2 is 1.54 bits per heavy atom. The third-order valence-corrected chi connectivity index (χ3v) is 3.86. The van der Waals surface area contributed by atoms with Gasteiger partial charge in [-0.25, -0.2) is 4.79 Å². The Hall–Kier alpha value is -1.72. The molecule has 6 heteroatoms. The monoisotopic (exact) mass is 346 g/mol. The predicted octanol–water partition coefficient (Wildman–Crippen LogP) is 5.93. The van der Waals surface area contributed by atoms with E-state index in [1.807, 2.05) is 13.8 Å². The van der Waals surface area contributed by atoms with Crippen molar-refractivity contribution in [2.75, 3.05) is 0 Å². The Bertz CT molecular complexity index is 558. The summed E-state index contributed by atoms with van der Waals surface area (Å²) in [4.78, 5) is 11.8. The molecule has 3 nitrogen and oxygen atoms in total. The molecule has 0 aromatic heterocycles. The predicted molar refractivity (Wildman–Crippen MR) is 85.9 cm³/mol. The van der Waals surface area contributed by atoms with Gasteiger partial charge in [0.15, 0.2) is 0 Å². The van der Waals surface area contributed by atoms with Gasteiger partial charge in [0.2, 0.25) is 5.60 Å². The van der Waals surface area contributed by atoms with Gasteiger partial charge in [-0.15, -0.1) is 0 Å². The highest BCUT2D eigenvalue weighted by molar-refractivity contribution is 5.61. The Kier molecular flexibility index (Phi) is 5.95. The quantitative estimate of drug-likeness (QED) is 0.634. The van der Waals surface area contributed by atoms with Crippen molar-refractivity contribution < 1.29 is 27.4 Å². The van der Waals surface area contributed by atoms with Gasteiger partial charge in [-0.05, 0) is 45.6 Å². The fraction of sp³-hybridized carbons (Fsp3) is 0.611. The van der Waals surface area contributed by atoms with E-state index in [9.17, 15) is 18.0 Å². The first-order valence-electron chi connectivity index (χ1n) is 7.89. The lowest BCUT2D eigenvalue weighted by atomic mass is 9.91. The molecule has 0 heterocycles. The number of hydrogen-bond donors (Lipinski definition) is 0. The van der Waals surface area contributed by atoms with Crippen molar-refractivity contribution >= 4 is 6.16 Å². The normalized spacial score (nSPS) is 16.2. The van der Waals surface area contributed by atoms with Gasteiger partial charge in [0.1, 0.15) is 5.60 Å². The van der Waals surface area contributed by atoms with E-state index in [-0.39, 0.29) is 11.5 Å². The molecule has 2 atom stereocenters. The first-order valence-corrected chi connectivity index (χ1v) is 7.89. The van der Waals surface area contributed by atoms with E-state index < -0.39 is 23.5 Å². The number of hydrogen-bond acceptors (Lipinski definition) is 3. The highest BCUT2D eigenvalue weighted by Gasteiger charge is 2.56. The highest BCUT2D eigenvalue weighted by Crippen LogP contribution is 2.42. The molecule has 0 spiro atoms. The van der Waals surface area contributed by atoms with E-state index >= 15 is 0 Å². The van der Waals surface area contributed by atoms with Crippen LogP contribution >= 0.6 is 0 Å². The van der Waals surface area contributed by atoms with Gasteiger partial charge < -0.3 is 9.47 Å². The number of halogens is 3. The van der Waals surface area contributed by atoms with E-state index in [2.05, 4.69) is 0 Å². The van der Waals surface area contributed by atoms with Gasteiger partial charge in [-0.1, -0.05) is 38.1 Å². The molecule has 0 saturated carbocycles. The van der Waals surface area contributed by atoms with Gasteiger partial charge in [0, 0.05) is 5.56 Å². The van der Waals surface area contributed by atoms with E-state index in [4.69, 9.17) is 9.47 Å². The molecule has 0 bridgehead atoms. The summed E-state index contributed by atoms with van der Waals surface area (Å²) in [6.45, 7) is 9.49. The van der Waals surface area contributed by atoms with Crippen molar-refractivity contribution in [2.45, 2.75) is 71.3 Å². The molecule has 0 radical (unpaired) electrons. The van der Waals surface area contributed by atoms with Gasteiger partial charge in [-0.2, -0.15) is 13.2 Å². The molecule has 1 rings (SSSR count). The number of benzene rings is 1. The zero-order valence-electron chi connectivity index (χ0n) is 15.0. The second-order valence-corrected chi connectivity index (χ2v) is 7.03. The molecule has 0 saturated heterocycles. The third-order valence-electron chi connectivity index (χ3n) is 3.86. The van der Waals surface area contributed by atoms with Crippen molar-refractivity contribution in [3.05, 3.63) is 35.4 Å². The Morgan fingerprint density at radius 1 is 1.04 bits per heavy atom. The van der Waals surface area contributed by atoms with Crippen LogP contribution < -0.4 is 0 Å². The van der Waals surface area contributed by atoms with Crippen LogP contribution in [-0.2, 0) is 15.1 Å². The third kappa shape index (κ3) is 4.89. The zero-order valence-corrected chi connectivity index (χ0v) is 15.0. The number of carbonyl (C=O) groups excluding carboxylic acids is 1. The molecule has 1 aromatic carbocycles. The average molecular weight is 346 g/mol. The van der Waals surface area contributed by atoms with Gasteiger partial charge in [-0.3, -0.25) is 0 Å². The molecule has 0 aliphatic heterocycles. The van der Waals surface area contributed by atoms with Gasteiger partial charge in [0.25, 0.3) is 0 Å². The molecule has 24 heavy (non-hydrogen) atoms. The zero-order chi connectivity index (χ0) is 18.8. The maximum absolute atomic E-state index is 13.6.